The molecule has 0 spiro atoms. The van der Waals surface area contributed by atoms with Gasteiger partial charge in [0.15, 0.2) is 5.76 Å². The summed E-state index contributed by atoms with van der Waals surface area (Å²) in [4.78, 5) is 3.09. The first kappa shape index (κ1) is 13.8. The molecule has 1 unspecified atom stereocenters. The molecule has 0 saturated heterocycles. The number of para-hydroxylation sites is 1. The highest BCUT2D eigenvalue weighted by atomic mass is 16.4. The summed E-state index contributed by atoms with van der Waals surface area (Å²) in [5.74, 6) is 1.21. The molecule has 0 aliphatic rings. The van der Waals surface area contributed by atoms with Gasteiger partial charge in [0.1, 0.15) is 18.1 Å². The Morgan fingerprint density at radius 1 is 1.22 bits per heavy atom. The average Bonchev–Trinajstić information content (AvgIpc) is 3.32. The van der Waals surface area contributed by atoms with Crippen LogP contribution in [0, 0.1) is 0 Å². The highest BCUT2D eigenvalue weighted by Gasteiger charge is 2.19. The van der Waals surface area contributed by atoms with Crippen molar-refractivity contribution in [3.8, 4) is 11.5 Å². The number of nitrogens with one attached hydrogen (secondary N) is 1. The van der Waals surface area contributed by atoms with Crippen LogP contribution in [0.1, 0.15) is 24.3 Å². The predicted molar refractivity (Wildman–Crippen MR) is 88.0 cm³/mol. The lowest BCUT2D eigenvalue weighted by Crippen LogP contribution is -2.07. The van der Waals surface area contributed by atoms with E-state index in [-0.39, 0.29) is 12.6 Å². The standard InChI is InChI=1S/C18H17N3O2/c1-12(13-8-9-19-10-13)21-16-5-3-2-4-15(16)18(20-21)17-7-6-14(11-22)23-17/h2-10,12,19,22H,11H2,1H3. The number of rotatable bonds is 4. The fourth-order valence-corrected chi connectivity index (χ4v) is 2.89. The van der Waals surface area contributed by atoms with Crippen LogP contribution in [-0.2, 0) is 6.61 Å². The SMILES string of the molecule is CC(c1cc[nH]c1)n1nc(-c2ccc(CO)o2)c2ccccc21. The Bertz CT molecular complexity index is 934. The Labute approximate surface area is 133 Å². The van der Waals surface area contributed by atoms with Crippen molar-refractivity contribution in [1.29, 1.82) is 0 Å². The molecule has 0 aliphatic heterocycles. The lowest BCUT2D eigenvalue weighted by atomic mass is 10.1. The number of aromatic nitrogens is 3. The molecule has 0 fully saturated rings. The van der Waals surface area contributed by atoms with E-state index in [9.17, 15) is 5.11 Å². The molecule has 4 aromatic rings. The van der Waals surface area contributed by atoms with Crippen LogP contribution in [0.5, 0.6) is 0 Å². The maximum absolute atomic E-state index is 9.21. The molecule has 0 radical (unpaired) electrons. The summed E-state index contributed by atoms with van der Waals surface area (Å²) in [6.45, 7) is 2.01. The van der Waals surface area contributed by atoms with Crippen LogP contribution in [0.4, 0.5) is 0 Å². The fraction of sp³-hybridized carbons (Fsp3) is 0.167. The number of fused-ring (bicyclic) bond motifs is 1. The summed E-state index contributed by atoms with van der Waals surface area (Å²) >= 11 is 0. The van der Waals surface area contributed by atoms with E-state index in [0.717, 1.165) is 16.6 Å². The van der Waals surface area contributed by atoms with Gasteiger partial charge in [-0.25, -0.2) is 0 Å². The van der Waals surface area contributed by atoms with Gasteiger partial charge in [-0.05, 0) is 36.8 Å². The first-order valence-electron chi connectivity index (χ1n) is 7.58. The summed E-state index contributed by atoms with van der Waals surface area (Å²) in [7, 11) is 0. The van der Waals surface area contributed by atoms with Crippen LogP contribution in [-0.4, -0.2) is 19.9 Å². The van der Waals surface area contributed by atoms with Crippen molar-refractivity contribution in [1.82, 2.24) is 14.8 Å². The first-order chi connectivity index (χ1) is 11.3. The number of hydrogen-bond acceptors (Lipinski definition) is 3. The molecule has 0 saturated carbocycles. The third-order valence-corrected chi connectivity index (χ3v) is 4.14. The molecule has 0 aliphatic carbocycles. The van der Waals surface area contributed by atoms with E-state index in [2.05, 4.69) is 24.0 Å². The van der Waals surface area contributed by atoms with Crippen LogP contribution >= 0.6 is 0 Å². The van der Waals surface area contributed by atoms with E-state index in [1.165, 1.54) is 5.56 Å². The number of hydrogen-bond donors (Lipinski definition) is 2. The van der Waals surface area contributed by atoms with Crippen molar-refractivity contribution in [2.45, 2.75) is 19.6 Å². The average molecular weight is 307 g/mol. The van der Waals surface area contributed by atoms with Gasteiger partial charge in [0.05, 0.1) is 11.6 Å². The van der Waals surface area contributed by atoms with Gasteiger partial charge in [0.2, 0.25) is 0 Å². The van der Waals surface area contributed by atoms with Gasteiger partial charge in [-0.15, -0.1) is 0 Å². The maximum atomic E-state index is 9.21. The number of aliphatic hydroxyl groups is 1. The second-order valence-corrected chi connectivity index (χ2v) is 5.55. The second-order valence-electron chi connectivity index (χ2n) is 5.55. The first-order valence-corrected chi connectivity index (χ1v) is 7.58. The van der Waals surface area contributed by atoms with Crippen LogP contribution in [0.25, 0.3) is 22.4 Å². The zero-order valence-electron chi connectivity index (χ0n) is 12.7. The molecule has 0 amide bonds. The van der Waals surface area contributed by atoms with E-state index >= 15 is 0 Å². The Hall–Kier alpha value is -2.79. The zero-order chi connectivity index (χ0) is 15.8. The second kappa shape index (κ2) is 5.44. The molecule has 5 nitrogen and oxygen atoms in total. The smallest absolute Gasteiger partial charge is 0.155 e. The maximum Gasteiger partial charge on any atom is 0.155 e. The van der Waals surface area contributed by atoms with Gasteiger partial charge in [-0.1, -0.05) is 18.2 Å². The molecule has 5 heteroatoms. The van der Waals surface area contributed by atoms with Gasteiger partial charge >= 0.3 is 0 Å². The number of aliphatic hydroxyl groups excluding tert-OH is 1. The summed E-state index contributed by atoms with van der Waals surface area (Å²) in [6, 6.07) is 13.9. The van der Waals surface area contributed by atoms with Crippen molar-refractivity contribution < 1.29 is 9.52 Å². The van der Waals surface area contributed by atoms with Crippen molar-refractivity contribution >= 4 is 10.9 Å². The van der Waals surface area contributed by atoms with E-state index in [1.54, 1.807) is 6.07 Å². The van der Waals surface area contributed by atoms with E-state index in [1.807, 2.05) is 41.3 Å². The van der Waals surface area contributed by atoms with Gasteiger partial charge in [-0.3, -0.25) is 4.68 Å². The minimum Gasteiger partial charge on any atom is -0.457 e. The summed E-state index contributed by atoms with van der Waals surface area (Å²) in [5.41, 5.74) is 3.01. The Kier molecular flexibility index (Phi) is 3.28. The van der Waals surface area contributed by atoms with Crippen LogP contribution in [0.2, 0.25) is 0 Å². The number of nitrogens with zero attached hydrogens (tertiary/aromatic N) is 2. The molecule has 4 rings (SSSR count). The topological polar surface area (TPSA) is 67.0 Å². The Balaban J connectivity index is 1.89. The molecular formula is C18H17N3O2. The van der Waals surface area contributed by atoms with Gasteiger partial charge in [-0.2, -0.15) is 5.10 Å². The minimum atomic E-state index is -0.113. The summed E-state index contributed by atoms with van der Waals surface area (Å²) in [6.07, 6.45) is 3.90. The van der Waals surface area contributed by atoms with Crippen molar-refractivity contribution in [2.24, 2.45) is 0 Å². The Morgan fingerprint density at radius 3 is 2.83 bits per heavy atom. The summed E-state index contributed by atoms with van der Waals surface area (Å²) < 4.78 is 7.69. The zero-order valence-corrected chi connectivity index (χ0v) is 12.7. The number of benzene rings is 1. The molecule has 1 aromatic carbocycles. The highest BCUT2D eigenvalue weighted by Crippen LogP contribution is 2.32. The minimum absolute atomic E-state index is 0.104. The molecule has 2 N–H and O–H groups in total. The number of H-pyrrole nitrogens is 1. The van der Waals surface area contributed by atoms with Gasteiger partial charge in [0.25, 0.3) is 0 Å². The third-order valence-electron chi connectivity index (χ3n) is 4.14. The molecule has 1 atom stereocenters. The lowest BCUT2D eigenvalue weighted by molar-refractivity contribution is 0.248. The molecular weight excluding hydrogens is 290 g/mol. The van der Waals surface area contributed by atoms with Gasteiger partial charge in [0, 0.05) is 17.8 Å². The molecule has 3 aromatic heterocycles. The quantitative estimate of drug-likeness (QED) is 0.604. The molecule has 0 bridgehead atoms. The van der Waals surface area contributed by atoms with Crippen LogP contribution < -0.4 is 0 Å². The third kappa shape index (κ3) is 2.26. The van der Waals surface area contributed by atoms with Crippen molar-refractivity contribution in [3.05, 3.63) is 66.2 Å². The van der Waals surface area contributed by atoms with Gasteiger partial charge < -0.3 is 14.5 Å². The monoisotopic (exact) mass is 307 g/mol. The van der Waals surface area contributed by atoms with Crippen molar-refractivity contribution in [3.63, 3.8) is 0 Å². The van der Waals surface area contributed by atoms with Crippen LogP contribution in [0.3, 0.4) is 0 Å². The predicted octanol–water partition coefficient (Wildman–Crippen LogP) is 3.73. The van der Waals surface area contributed by atoms with Crippen molar-refractivity contribution in [2.75, 3.05) is 0 Å². The Morgan fingerprint density at radius 2 is 2.09 bits per heavy atom. The number of furan rings is 1. The van der Waals surface area contributed by atoms with Crippen LogP contribution in [0.15, 0.2) is 59.3 Å². The molecule has 3 heterocycles. The van der Waals surface area contributed by atoms with E-state index in [0.29, 0.717) is 11.5 Å². The largest absolute Gasteiger partial charge is 0.457 e. The fourth-order valence-electron chi connectivity index (χ4n) is 2.89. The lowest BCUT2D eigenvalue weighted by Gasteiger charge is -2.11. The normalized spacial score (nSPS) is 12.8. The molecule has 116 valence electrons. The highest BCUT2D eigenvalue weighted by molar-refractivity contribution is 5.92. The molecule has 23 heavy (non-hydrogen) atoms. The van der Waals surface area contributed by atoms with E-state index in [4.69, 9.17) is 9.52 Å². The summed E-state index contributed by atoms with van der Waals surface area (Å²) in [5, 5.41) is 15.0. The van der Waals surface area contributed by atoms with E-state index < -0.39 is 0 Å². The number of aromatic amines is 1.